The van der Waals surface area contributed by atoms with Crippen LogP contribution in [0.4, 0.5) is 0 Å². The largest absolute Gasteiger partial charge is 0.370 e. The predicted molar refractivity (Wildman–Crippen MR) is 73.3 cm³/mol. The SMILES string of the molecule is CNC1CC2CCCC(C1)N2CCCCC(N)=O. The van der Waals surface area contributed by atoms with Crippen LogP contribution in [0.1, 0.15) is 51.4 Å². The van der Waals surface area contributed by atoms with Gasteiger partial charge in [-0.05, 0) is 52.1 Å². The number of rotatable bonds is 6. The molecule has 2 saturated heterocycles. The number of carbonyl (C=O) groups excluding carboxylic acids is 1. The van der Waals surface area contributed by atoms with Gasteiger partial charge >= 0.3 is 0 Å². The second kappa shape index (κ2) is 6.53. The number of primary amides is 1. The van der Waals surface area contributed by atoms with Crippen molar-refractivity contribution in [1.29, 1.82) is 0 Å². The highest BCUT2D eigenvalue weighted by molar-refractivity contribution is 5.73. The summed E-state index contributed by atoms with van der Waals surface area (Å²) in [6.07, 6.45) is 9.29. The average molecular weight is 253 g/mol. The number of hydrogen-bond donors (Lipinski definition) is 2. The van der Waals surface area contributed by atoms with Crippen LogP contribution in [-0.4, -0.2) is 42.5 Å². The smallest absolute Gasteiger partial charge is 0.217 e. The summed E-state index contributed by atoms with van der Waals surface area (Å²) in [6.45, 7) is 1.15. The van der Waals surface area contributed by atoms with E-state index in [9.17, 15) is 4.79 Å². The van der Waals surface area contributed by atoms with E-state index in [4.69, 9.17) is 5.73 Å². The summed E-state index contributed by atoms with van der Waals surface area (Å²) < 4.78 is 0. The normalized spacial score (nSPS) is 32.4. The Kier molecular flexibility index (Phi) is 5.01. The quantitative estimate of drug-likeness (QED) is 0.700. The minimum Gasteiger partial charge on any atom is -0.370 e. The van der Waals surface area contributed by atoms with Crippen molar-refractivity contribution >= 4 is 5.91 Å². The van der Waals surface area contributed by atoms with Gasteiger partial charge in [0.1, 0.15) is 0 Å². The van der Waals surface area contributed by atoms with Gasteiger partial charge in [-0.15, -0.1) is 0 Å². The Labute approximate surface area is 110 Å². The molecule has 2 aliphatic rings. The standard InChI is InChI=1S/C14H27N3O/c1-16-11-9-12-5-4-6-13(10-11)17(12)8-3-2-7-14(15)18/h11-13,16H,2-10H2,1H3,(H2,15,18). The number of piperidine rings is 2. The molecular formula is C14H27N3O. The minimum absolute atomic E-state index is 0.163. The molecule has 2 aliphatic heterocycles. The van der Waals surface area contributed by atoms with E-state index < -0.39 is 0 Å². The van der Waals surface area contributed by atoms with Crippen molar-refractivity contribution < 1.29 is 4.79 Å². The summed E-state index contributed by atoms with van der Waals surface area (Å²) in [5.41, 5.74) is 5.18. The molecule has 0 aromatic heterocycles. The van der Waals surface area contributed by atoms with Crippen molar-refractivity contribution in [3.05, 3.63) is 0 Å². The Bertz CT molecular complexity index is 268. The van der Waals surface area contributed by atoms with Crippen LogP contribution in [0.3, 0.4) is 0 Å². The third-order valence-electron chi connectivity index (χ3n) is 4.62. The van der Waals surface area contributed by atoms with E-state index in [0.717, 1.165) is 31.5 Å². The van der Waals surface area contributed by atoms with E-state index in [1.807, 2.05) is 0 Å². The first-order chi connectivity index (χ1) is 8.70. The molecule has 2 unspecified atom stereocenters. The van der Waals surface area contributed by atoms with Gasteiger partial charge in [-0.3, -0.25) is 9.69 Å². The molecule has 4 heteroatoms. The van der Waals surface area contributed by atoms with E-state index in [0.29, 0.717) is 12.5 Å². The van der Waals surface area contributed by atoms with Crippen molar-refractivity contribution in [2.45, 2.75) is 69.5 Å². The number of nitrogens with zero attached hydrogens (tertiary/aromatic N) is 1. The molecule has 2 atom stereocenters. The lowest BCUT2D eigenvalue weighted by Gasteiger charge is -2.49. The lowest BCUT2D eigenvalue weighted by molar-refractivity contribution is -0.118. The van der Waals surface area contributed by atoms with Crippen LogP contribution in [0, 0.1) is 0 Å². The monoisotopic (exact) mass is 253 g/mol. The third-order valence-corrected chi connectivity index (χ3v) is 4.62. The van der Waals surface area contributed by atoms with E-state index >= 15 is 0 Å². The number of nitrogens with two attached hydrogens (primary N) is 1. The highest BCUT2D eigenvalue weighted by atomic mass is 16.1. The Morgan fingerprint density at radius 2 is 1.94 bits per heavy atom. The first-order valence-corrected chi connectivity index (χ1v) is 7.42. The molecule has 2 rings (SSSR count). The molecule has 0 saturated carbocycles. The molecule has 2 fully saturated rings. The zero-order valence-electron chi connectivity index (χ0n) is 11.5. The summed E-state index contributed by atoms with van der Waals surface area (Å²) >= 11 is 0. The van der Waals surface area contributed by atoms with Crippen LogP contribution >= 0.6 is 0 Å². The molecule has 0 spiro atoms. The Balaban J connectivity index is 1.79. The van der Waals surface area contributed by atoms with Gasteiger partial charge in [0.25, 0.3) is 0 Å². The lowest BCUT2D eigenvalue weighted by Crippen LogP contribution is -2.55. The zero-order chi connectivity index (χ0) is 13.0. The minimum atomic E-state index is -0.163. The zero-order valence-corrected chi connectivity index (χ0v) is 11.5. The second-order valence-corrected chi connectivity index (χ2v) is 5.86. The molecule has 2 bridgehead atoms. The lowest BCUT2D eigenvalue weighted by atomic mass is 9.81. The highest BCUT2D eigenvalue weighted by Crippen LogP contribution is 2.34. The summed E-state index contributed by atoms with van der Waals surface area (Å²) in [5, 5.41) is 3.45. The molecule has 0 radical (unpaired) electrons. The molecule has 2 heterocycles. The number of carbonyl (C=O) groups is 1. The summed E-state index contributed by atoms with van der Waals surface area (Å²) in [5.74, 6) is -0.163. The Morgan fingerprint density at radius 1 is 1.28 bits per heavy atom. The number of unbranched alkanes of at least 4 members (excludes halogenated alkanes) is 1. The van der Waals surface area contributed by atoms with Gasteiger partial charge in [-0.1, -0.05) is 6.42 Å². The first-order valence-electron chi connectivity index (χ1n) is 7.42. The predicted octanol–water partition coefficient (Wildman–Crippen LogP) is 1.25. The maximum Gasteiger partial charge on any atom is 0.217 e. The molecule has 3 N–H and O–H groups in total. The van der Waals surface area contributed by atoms with Crippen LogP contribution in [0.2, 0.25) is 0 Å². The van der Waals surface area contributed by atoms with Crippen molar-refractivity contribution in [3.8, 4) is 0 Å². The van der Waals surface area contributed by atoms with Crippen LogP contribution in [0.15, 0.2) is 0 Å². The number of fused-ring (bicyclic) bond motifs is 2. The molecule has 0 aromatic rings. The molecule has 18 heavy (non-hydrogen) atoms. The van der Waals surface area contributed by atoms with Crippen molar-refractivity contribution in [1.82, 2.24) is 10.2 Å². The fourth-order valence-electron chi connectivity index (χ4n) is 3.67. The van der Waals surface area contributed by atoms with E-state index in [-0.39, 0.29) is 5.91 Å². The van der Waals surface area contributed by atoms with E-state index in [2.05, 4.69) is 17.3 Å². The maximum atomic E-state index is 10.7. The van der Waals surface area contributed by atoms with Crippen molar-refractivity contribution in [3.63, 3.8) is 0 Å². The second-order valence-electron chi connectivity index (χ2n) is 5.86. The van der Waals surface area contributed by atoms with Crippen molar-refractivity contribution in [2.75, 3.05) is 13.6 Å². The van der Waals surface area contributed by atoms with E-state index in [1.165, 1.54) is 32.1 Å². The molecule has 0 aromatic carbocycles. The molecule has 4 nitrogen and oxygen atoms in total. The Hall–Kier alpha value is -0.610. The number of nitrogens with one attached hydrogen (secondary N) is 1. The van der Waals surface area contributed by atoms with Gasteiger partial charge in [0, 0.05) is 24.5 Å². The molecule has 0 aliphatic carbocycles. The maximum absolute atomic E-state index is 10.7. The number of amides is 1. The van der Waals surface area contributed by atoms with Gasteiger partial charge in [0.2, 0.25) is 5.91 Å². The fourth-order valence-corrected chi connectivity index (χ4v) is 3.67. The topological polar surface area (TPSA) is 58.4 Å². The first kappa shape index (κ1) is 13.8. The average Bonchev–Trinajstić information content (AvgIpc) is 2.33. The van der Waals surface area contributed by atoms with Crippen LogP contribution in [0.25, 0.3) is 0 Å². The summed E-state index contributed by atoms with van der Waals surface area (Å²) in [6, 6.07) is 2.24. The van der Waals surface area contributed by atoms with E-state index in [1.54, 1.807) is 0 Å². The summed E-state index contributed by atoms with van der Waals surface area (Å²) in [7, 11) is 2.09. The van der Waals surface area contributed by atoms with Crippen LogP contribution < -0.4 is 11.1 Å². The van der Waals surface area contributed by atoms with Gasteiger partial charge in [-0.25, -0.2) is 0 Å². The van der Waals surface area contributed by atoms with Crippen molar-refractivity contribution in [2.24, 2.45) is 5.73 Å². The Morgan fingerprint density at radius 3 is 2.50 bits per heavy atom. The molecule has 1 amide bonds. The molecule has 104 valence electrons. The third kappa shape index (κ3) is 3.45. The van der Waals surface area contributed by atoms with Crippen LogP contribution in [-0.2, 0) is 4.79 Å². The van der Waals surface area contributed by atoms with Gasteiger partial charge in [0.15, 0.2) is 0 Å². The summed E-state index contributed by atoms with van der Waals surface area (Å²) in [4.78, 5) is 13.4. The van der Waals surface area contributed by atoms with Gasteiger partial charge < -0.3 is 11.1 Å². The number of hydrogen-bond acceptors (Lipinski definition) is 3. The van der Waals surface area contributed by atoms with Gasteiger partial charge in [-0.2, -0.15) is 0 Å². The highest BCUT2D eigenvalue weighted by Gasteiger charge is 2.36. The fraction of sp³-hybridized carbons (Fsp3) is 0.929. The van der Waals surface area contributed by atoms with Crippen LogP contribution in [0.5, 0.6) is 0 Å². The molecular weight excluding hydrogens is 226 g/mol. The van der Waals surface area contributed by atoms with Gasteiger partial charge in [0.05, 0.1) is 0 Å².